The van der Waals surface area contributed by atoms with Crippen LogP contribution in [0.25, 0.3) is 0 Å². The molecule has 0 fully saturated rings. The average Bonchev–Trinajstić information content (AvgIpc) is 1.83. The lowest BCUT2D eigenvalue weighted by atomic mass is 10.7. The molecule has 5 heteroatoms. The zero-order chi connectivity index (χ0) is 6.41. The van der Waals surface area contributed by atoms with E-state index in [0.29, 0.717) is 0 Å². The largest absolute Gasteiger partial charge is 0.467 e. The number of hydrogen-bond donors (Lipinski definition) is 1. The van der Waals surface area contributed by atoms with Gasteiger partial charge < -0.3 is 4.74 Å². The monoisotopic (exact) mass is 116 g/mol. The fraction of sp³-hybridized carbons (Fsp3) is 0.667. The number of ether oxygens (including phenoxy) is 1. The fourth-order valence-corrected chi connectivity index (χ4v) is 0.158. The van der Waals surface area contributed by atoms with E-state index in [1.54, 1.807) is 0 Å². The Balaban J connectivity index is 3.39. The molecule has 0 aliphatic rings. The Morgan fingerprint density at radius 3 is 3.00 bits per heavy atom. The Bertz CT molecular complexity index is 126. The van der Waals surface area contributed by atoms with Crippen LogP contribution < -0.4 is 4.91 Å². The molecule has 5 nitrogen and oxygen atoms in total. The Morgan fingerprint density at radius 1 is 2.00 bits per heavy atom. The van der Waals surface area contributed by atoms with Gasteiger partial charge in [0.05, 0.1) is 7.11 Å². The van der Waals surface area contributed by atoms with Crippen molar-refractivity contribution in [2.24, 2.45) is 5.11 Å². The number of nitrogens with zero attached hydrogens (tertiary/aromatic N) is 2. The van der Waals surface area contributed by atoms with Gasteiger partial charge in [-0.1, -0.05) is 0 Å². The van der Waals surface area contributed by atoms with Gasteiger partial charge >= 0.3 is 5.97 Å². The third kappa shape index (κ3) is 2.99. The number of esters is 1. The third-order valence-corrected chi connectivity index (χ3v) is 0.498. The molecule has 0 aromatic heterocycles. The molecule has 0 saturated carbocycles. The summed E-state index contributed by atoms with van der Waals surface area (Å²) in [5, 5.41) is 3.06. The van der Waals surface area contributed by atoms with Crippen molar-refractivity contribution in [2.75, 3.05) is 13.7 Å². The van der Waals surface area contributed by atoms with Gasteiger partial charge in [-0.3, -0.25) is 0 Å². The summed E-state index contributed by atoms with van der Waals surface area (Å²) >= 11 is 0. The first-order valence-corrected chi connectivity index (χ1v) is 1.91. The summed E-state index contributed by atoms with van der Waals surface area (Å²) < 4.78 is 4.18. The van der Waals surface area contributed by atoms with Crippen LogP contribution in [0.15, 0.2) is 5.11 Å². The zero-order valence-electron chi connectivity index (χ0n) is 4.42. The van der Waals surface area contributed by atoms with Crippen LogP contribution in [0.2, 0.25) is 0 Å². The van der Waals surface area contributed by atoms with Crippen molar-refractivity contribution >= 4 is 5.97 Å². The smallest absolute Gasteiger partial charge is 0.335 e. The third-order valence-electron chi connectivity index (χ3n) is 0.498. The van der Waals surface area contributed by atoms with Gasteiger partial charge in [-0.25, -0.2) is 4.79 Å². The van der Waals surface area contributed by atoms with Crippen molar-refractivity contribution in [3.8, 4) is 0 Å². The number of carbonyl (C=O) groups excluding carboxylic acids is 1. The number of rotatable bonds is 2. The Kier molecular flexibility index (Phi) is 3.35. The van der Waals surface area contributed by atoms with Crippen LogP contribution in [0.4, 0.5) is 0 Å². The summed E-state index contributed by atoms with van der Waals surface area (Å²) in [5.41, 5.74) is 6.12. The van der Waals surface area contributed by atoms with Gasteiger partial charge in [-0.2, -0.15) is 0 Å². The van der Waals surface area contributed by atoms with Gasteiger partial charge in [0.2, 0.25) is 11.5 Å². The molecule has 1 N–H and O–H groups in total. The summed E-state index contributed by atoms with van der Waals surface area (Å²) in [6.45, 7) is -0.167. The normalized spacial score (nSPS) is 7.12. The molecule has 0 aromatic carbocycles. The van der Waals surface area contributed by atoms with E-state index >= 15 is 0 Å². The van der Waals surface area contributed by atoms with E-state index in [9.17, 15) is 4.79 Å². The summed E-state index contributed by atoms with van der Waals surface area (Å²) in [4.78, 5) is 12.7. The first-order chi connectivity index (χ1) is 3.81. The number of hydrogen-bond acceptors (Lipinski definition) is 4. The number of methoxy groups -OCH3 is 1. The van der Waals surface area contributed by atoms with Crippen molar-refractivity contribution in [3.05, 3.63) is 0 Å². The van der Waals surface area contributed by atoms with Crippen LogP contribution >= 0.6 is 0 Å². The molecule has 8 heavy (non-hydrogen) atoms. The quantitative estimate of drug-likeness (QED) is 0.305. The van der Waals surface area contributed by atoms with Crippen LogP contribution in [0.5, 0.6) is 0 Å². The molecule has 0 rings (SSSR count). The van der Waals surface area contributed by atoms with Crippen LogP contribution in [0, 0.1) is 5.53 Å². The summed E-state index contributed by atoms with van der Waals surface area (Å²) in [7, 11) is 1.25. The molecule has 0 aromatic rings. The average molecular weight is 116 g/mol. The van der Waals surface area contributed by atoms with Crippen molar-refractivity contribution in [3.63, 3.8) is 0 Å². The van der Waals surface area contributed by atoms with Crippen LogP contribution in [-0.2, 0) is 9.53 Å². The van der Waals surface area contributed by atoms with E-state index < -0.39 is 5.97 Å². The Hall–Kier alpha value is -1.22. The van der Waals surface area contributed by atoms with E-state index in [4.69, 9.17) is 5.53 Å². The molecule has 0 radical (unpaired) electrons. The van der Waals surface area contributed by atoms with Gasteiger partial charge in [0.25, 0.3) is 0 Å². The molecule has 0 saturated heterocycles. The van der Waals surface area contributed by atoms with Gasteiger partial charge in [-0.05, 0) is 0 Å². The predicted molar refractivity (Wildman–Crippen MR) is 24.2 cm³/mol. The van der Waals surface area contributed by atoms with Gasteiger partial charge in [-0.15, -0.1) is 0 Å². The van der Waals surface area contributed by atoms with Gasteiger partial charge in [0.15, 0.2) is 0 Å². The second-order valence-electron chi connectivity index (χ2n) is 0.976. The van der Waals surface area contributed by atoms with E-state index in [2.05, 4.69) is 14.8 Å². The van der Waals surface area contributed by atoms with Gasteiger partial charge in [0.1, 0.15) is 10.6 Å². The van der Waals surface area contributed by atoms with Crippen molar-refractivity contribution in [2.45, 2.75) is 0 Å². The highest BCUT2D eigenvalue weighted by Crippen LogP contribution is 1.70. The second kappa shape index (κ2) is 3.95. The van der Waals surface area contributed by atoms with Crippen molar-refractivity contribution in [1.82, 2.24) is 4.91 Å². The summed E-state index contributed by atoms with van der Waals surface area (Å²) in [5.74, 6) is -0.485. The molecular weight excluding hydrogens is 110 g/mol. The molecule has 0 aliphatic carbocycles. The van der Waals surface area contributed by atoms with E-state index in [1.165, 1.54) is 7.11 Å². The number of carbonyl (C=O) groups is 1. The molecule has 0 aliphatic heterocycles. The Morgan fingerprint density at radius 2 is 2.62 bits per heavy atom. The molecule has 0 spiro atoms. The highest BCUT2D eigenvalue weighted by molar-refractivity contribution is 5.71. The summed E-state index contributed by atoms with van der Waals surface area (Å²) in [6.07, 6.45) is 0. The molecular formula is C3H6N3O2+. The van der Waals surface area contributed by atoms with Crippen molar-refractivity contribution in [1.29, 1.82) is 5.53 Å². The highest BCUT2D eigenvalue weighted by atomic mass is 16.5. The van der Waals surface area contributed by atoms with Crippen LogP contribution in [-0.4, -0.2) is 19.6 Å². The summed E-state index contributed by atoms with van der Waals surface area (Å²) in [6, 6.07) is 0. The highest BCUT2D eigenvalue weighted by Gasteiger charge is 1.99. The second-order valence-corrected chi connectivity index (χ2v) is 0.976. The number of nitrogens with one attached hydrogen (secondary N) is 1. The first-order valence-electron chi connectivity index (χ1n) is 1.91. The maximum atomic E-state index is 10.1. The minimum Gasteiger partial charge on any atom is -0.467 e. The minimum atomic E-state index is -0.485. The lowest BCUT2D eigenvalue weighted by Gasteiger charge is -1.84. The molecule has 0 bridgehead atoms. The fourth-order valence-electron chi connectivity index (χ4n) is 0.158. The molecule has 0 unspecified atom stereocenters. The lowest BCUT2D eigenvalue weighted by Crippen LogP contribution is -2.03. The molecule has 0 atom stereocenters. The standard InChI is InChI=1S/C3H6N3O2/c1-8-3(7)2-5-6-4/h4H,2H2,1H3/q+1. The van der Waals surface area contributed by atoms with E-state index in [1.807, 2.05) is 0 Å². The SMILES string of the molecule is COC(=O)CN=[N+]=N. The van der Waals surface area contributed by atoms with Crippen molar-refractivity contribution < 1.29 is 9.53 Å². The maximum absolute atomic E-state index is 10.1. The molecule has 44 valence electrons. The molecule has 0 amide bonds. The predicted octanol–water partition coefficient (Wildman–Crippen LogP) is -0.290. The Labute approximate surface area is 45.9 Å². The van der Waals surface area contributed by atoms with E-state index in [0.717, 1.165) is 0 Å². The van der Waals surface area contributed by atoms with Crippen LogP contribution in [0.1, 0.15) is 0 Å². The zero-order valence-corrected chi connectivity index (χ0v) is 4.42. The topological polar surface area (TPSA) is 76.6 Å². The minimum absolute atomic E-state index is 0.167. The van der Waals surface area contributed by atoms with E-state index in [-0.39, 0.29) is 6.54 Å². The lowest BCUT2D eigenvalue weighted by molar-refractivity contribution is -0.138. The molecule has 0 heterocycles. The first kappa shape index (κ1) is 6.78. The maximum Gasteiger partial charge on any atom is 0.335 e. The van der Waals surface area contributed by atoms with Crippen LogP contribution in [0.3, 0.4) is 0 Å². The van der Waals surface area contributed by atoms with Gasteiger partial charge in [0, 0.05) is 0 Å².